The van der Waals surface area contributed by atoms with E-state index in [-0.39, 0.29) is 17.8 Å². The summed E-state index contributed by atoms with van der Waals surface area (Å²) in [5.74, 6) is 0.303. The standard InChI is InChI=1S/C16H13FN6O/c1-9(10-4-2-5-11(17)8-10)23-15-14(21-22-23)13(19-16(18)20-15)12-6-3-7-24-12/h2-9H,1H3,(H2,18,19,20). The molecule has 0 aliphatic rings. The molecular formula is C16H13FN6O. The Kier molecular flexibility index (Phi) is 3.23. The molecule has 120 valence electrons. The van der Waals surface area contributed by atoms with Gasteiger partial charge in [-0.1, -0.05) is 17.3 Å². The number of nitrogens with two attached hydrogens (primary N) is 1. The van der Waals surface area contributed by atoms with Gasteiger partial charge in [0.1, 0.15) is 11.5 Å². The highest BCUT2D eigenvalue weighted by molar-refractivity contribution is 5.86. The van der Waals surface area contributed by atoms with Gasteiger partial charge in [-0.25, -0.2) is 14.1 Å². The lowest BCUT2D eigenvalue weighted by Crippen LogP contribution is -2.10. The SMILES string of the molecule is CC(c1cccc(F)c1)n1nnc2c(-c3ccco3)nc(N)nc21. The molecule has 4 rings (SSSR count). The van der Waals surface area contributed by atoms with Crippen LogP contribution in [0.4, 0.5) is 10.3 Å². The smallest absolute Gasteiger partial charge is 0.222 e. The molecular weight excluding hydrogens is 311 g/mol. The molecule has 3 heterocycles. The minimum absolute atomic E-state index is 0.0869. The first kappa shape index (κ1) is 14.3. The molecule has 0 saturated heterocycles. The van der Waals surface area contributed by atoms with Crippen LogP contribution >= 0.6 is 0 Å². The van der Waals surface area contributed by atoms with E-state index in [1.54, 1.807) is 29.1 Å². The predicted molar refractivity (Wildman–Crippen MR) is 85.4 cm³/mol. The number of nitrogens with zero attached hydrogens (tertiary/aromatic N) is 5. The van der Waals surface area contributed by atoms with Crippen molar-refractivity contribution in [3.05, 3.63) is 54.0 Å². The number of anilines is 1. The van der Waals surface area contributed by atoms with Crippen molar-refractivity contribution >= 4 is 17.1 Å². The molecule has 3 aromatic heterocycles. The Morgan fingerprint density at radius 2 is 2.08 bits per heavy atom. The molecule has 0 amide bonds. The van der Waals surface area contributed by atoms with Crippen molar-refractivity contribution < 1.29 is 8.81 Å². The number of benzene rings is 1. The second kappa shape index (κ2) is 5.41. The molecule has 1 unspecified atom stereocenters. The molecule has 0 saturated carbocycles. The maximum absolute atomic E-state index is 13.5. The number of nitrogen functional groups attached to an aromatic ring is 1. The largest absolute Gasteiger partial charge is 0.463 e. The van der Waals surface area contributed by atoms with Crippen molar-refractivity contribution in [2.75, 3.05) is 5.73 Å². The summed E-state index contributed by atoms with van der Waals surface area (Å²) in [6.07, 6.45) is 1.54. The van der Waals surface area contributed by atoms with Crippen LogP contribution in [0.25, 0.3) is 22.6 Å². The van der Waals surface area contributed by atoms with Crippen LogP contribution in [0, 0.1) is 5.82 Å². The second-order valence-electron chi connectivity index (χ2n) is 5.34. The van der Waals surface area contributed by atoms with Gasteiger partial charge in [0, 0.05) is 0 Å². The quantitative estimate of drug-likeness (QED) is 0.622. The van der Waals surface area contributed by atoms with Crippen LogP contribution in [0.15, 0.2) is 47.1 Å². The van der Waals surface area contributed by atoms with Gasteiger partial charge in [0.2, 0.25) is 5.95 Å². The highest BCUT2D eigenvalue weighted by Gasteiger charge is 2.20. The zero-order valence-electron chi connectivity index (χ0n) is 12.7. The molecule has 0 fully saturated rings. The number of hydrogen-bond donors (Lipinski definition) is 1. The van der Waals surface area contributed by atoms with E-state index in [1.807, 2.05) is 13.0 Å². The van der Waals surface area contributed by atoms with Crippen LogP contribution in [0.2, 0.25) is 0 Å². The lowest BCUT2D eigenvalue weighted by Gasteiger charge is -2.12. The second-order valence-corrected chi connectivity index (χ2v) is 5.34. The molecule has 24 heavy (non-hydrogen) atoms. The summed E-state index contributed by atoms with van der Waals surface area (Å²) in [6, 6.07) is 9.55. The van der Waals surface area contributed by atoms with Gasteiger partial charge in [0.15, 0.2) is 16.9 Å². The van der Waals surface area contributed by atoms with E-state index in [4.69, 9.17) is 10.2 Å². The van der Waals surface area contributed by atoms with E-state index in [0.717, 1.165) is 5.56 Å². The Labute approximate surface area is 135 Å². The highest BCUT2D eigenvalue weighted by Crippen LogP contribution is 2.28. The van der Waals surface area contributed by atoms with E-state index >= 15 is 0 Å². The topological polar surface area (TPSA) is 95.7 Å². The summed E-state index contributed by atoms with van der Waals surface area (Å²) >= 11 is 0. The molecule has 0 aliphatic heterocycles. The first-order valence-electron chi connectivity index (χ1n) is 7.31. The summed E-state index contributed by atoms with van der Waals surface area (Å²) in [6.45, 7) is 1.88. The van der Waals surface area contributed by atoms with Crippen molar-refractivity contribution in [2.24, 2.45) is 0 Å². The zero-order valence-corrected chi connectivity index (χ0v) is 12.7. The van der Waals surface area contributed by atoms with E-state index in [1.165, 1.54) is 12.1 Å². The van der Waals surface area contributed by atoms with Crippen LogP contribution < -0.4 is 5.73 Å². The van der Waals surface area contributed by atoms with E-state index in [9.17, 15) is 4.39 Å². The minimum atomic E-state index is -0.311. The molecule has 1 aromatic carbocycles. The summed E-state index contributed by atoms with van der Waals surface area (Å²) in [5, 5.41) is 8.32. The summed E-state index contributed by atoms with van der Waals surface area (Å²) in [4.78, 5) is 8.44. The summed E-state index contributed by atoms with van der Waals surface area (Å²) in [5.41, 5.74) is 7.99. The van der Waals surface area contributed by atoms with Crippen LogP contribution in [-0.2, 0) is 0 Å². The number of halogens is 1. The Balaban J connectivity index is 1.89. The van der Waals surface area contributed by atoms with Gasteiger partial charge in [-0.3, -0.25) is 0 Å². The number of aromatic nitrogens is 5. The maximum atomic E-state index is 13.5. The molecule has 0 bridgehead atoms. The Morgan fingerprint density at radius 1 is 1.21 bits per heavy atom. The molecule has 1 atom stereocenters. The number of hydrogen-bond acceptors (Lipinski definition) is 6. The average Bonchev–Trinajstić information content (AvgIpc) is 3.23. The van der Waals surface area contributed by atoms with Gasteiger partial charge < -0.3 is 10.2 Å². The van der Waals surface area contributed by atoms with E-state index in [0.29, 0.717) is 22.6 Å². The van der Waals surface area contributed by atoms with Gasteiger partial charge in [-0.05, 0) is 36.8 Å². The molecule has 0 aliphatic carbocycles. The normalized spacial score (nSPS) is 12.6. The van der Waals surface area contributed by atoms with Crippen molar-refractivity contribution in [1.82, 2.24) is 25.0 Å². The van der Waals surface area contributed by atoms with Crippen molar-refractivity contribution in [2.45, 2.75) is 13.0 Å². The third kappa shape index (κ3) is 2.28. The van der Waals surface area contributed by atoms with Gasteiger partial charge in [-0.15, -0.1) is 5.10 Å². The third-order valence-electron chi connectivity index (χ3n) is 3.79. The maximum Gasteiger partial charge on any atom is 0.222 e. The van der Waals surface area contributed by atoms with Gasteiger partial charge in [0.25, 0.3) is 0 Å². The average molecular weight is 324 g/mol. The fourth-order valence-electron chi connectivity index (χ4n) is 2.60. The van der Waals surface area contributed by atoms with Crippen LogP contribution in [0.3, 0.4) is 0 Å². The first-order valence-corrected chi connectivity index (χ1v) is 7.31. The van der Waals surface area contributed by atoms with Crippen molar-refractivity contribution in [3.8, 4) is 11.5 Å². The van der Waals surface area contributed by atoms with Crippen LogP contribution in [0.1, 0.15) is 18.5 Å². The number of fused-ring (bicyclic) bond motifs is 1. The van der Waals surface area contributed by atoms with E-state index in [2.05, 4.69) is 20.3 Å². The molecule has 7 nitrogen and oxygen atoms in total. The lowest BCUT2D eigenvalue weighted by atomic mass is 10.1. The molecule has 2 N–H and O–H groups in total. The number of rotatable bonds is 3. The van der Waals surface area contributed by atoms with Gasteiger partial charge >= 0.3 is 0 Å². The fraction of sp³-hybridized carbons (Fsp3) is 0.125. The van der Waals surface area contributed by atoms with Crippen LogP contribution in [-0.4, -0.2) is 25.0 Å². The van der Waals surface area contributed by atoms with E-state index < -0.39 is 0 Å². The van der Waals surface area contributed by atoms with Crippen molar-refractivity contribution in [3.63, 3.8) is 0 Å². The third-order valence-corrected chi connectivity index (χ3v) is 3.79. The summed E-state index contributed by atoms with van der Waals surface area (Å²) < 4.78 is 20.5. The number of furan rings is 1. The van der Waals surface area contributed by atoms with Gasteiger partial charge in [-0.2, -0.15) is 4.98 Å². The molecule has 8 heteroatoms. The zero-order chi connectivity index (χ0) is 16.7. The van der Waals surface area contributed by atoms with Crippen LogP contribution in [0.5, 0.6) is 0 Å². The predicted octanol–water partition coefficient (Wildman–Crippen LogP) is 2.81. The molecule has 0 radical (unpaired) electrons. The first-order chi connectivity index (χ1) is 11.6. The highest BCUT2D eigenvalue weighted by atomic mass is 19.1. The van der Waals surface area contributed by atoms with Crippen molar-refractivity contribution in [1.29, 1.82) is 0 Å². The Hall–Kier alpha value is -3.29. The Morgan fingerprint density at radius 3 is 2.83 bits per heavy atom. The molecule has 4 aromatic rings. The summed E-state index contributed by atoms with van der Waals surface area (Å²) in [7, 11) is 0. The molecule has 0 spiro atoms. The monoisotopic (exact) mass is 324 g/mol. The minimum Gasteiger partial charge on any atom is -0.463 e. The fourth-order valence-corrected chi connectivity index (χ4v) is 2.60. The van der Waals surface area contributed by atoms with Gasteiger partial charge in [0.05, 0.1) is 12.3 Å². The Bertz CT molecular complexity index is 1010. The lowest BCUT2D eigenvalue weighted by molar-refractivity contribution is 0.549.